The molecule has 6 heteroatoms. The number of hydrogen-bond donors (Lipinski definition) is 1. The summed E-state index contributed by atoms with van der Waals surface area (Å²) in [5.74, 6) is 1.03. The standard InChI is InChI=1S/C13H22N2O2S2/c1-10-4-6-15(9-11(10)2)19(16,17)13-5-7-18-12(13)8-14-3/h5,7,10-11,14H,4,6,8-9H2,1-3H3. The van der Waals surface area contributed by atoms with Gasteiger partial charge in [0.25, 0.3) is 0 Å². The second-order valence-corrected chi connectivity index (χ2v) is 8.25. The van der Waals surface area contributed by atoms with E-state index in [2.05, 4.69) is 19.2 Å². The van der Waals surface area contributed by atoms with Gasteiger partial charge >= 0.3 is 0 Å². The lowest BCUT2D eigenvalue weighted by molar-refractivity contribution is 0.212. The summed E-state index contributed by atoms with van der Waals surface area (Å²) in [7, 11) is -1.49. The zero-order chi connectivity index (χ0) is 14.0. The summed E-state index contributed by atoms with van der Waals surface area (Å²) < 4.78 is 27.1. The third-order valence-corrected chi connectivity index (χ3v) is 6.96. The van der Waals surface area contributed by atoms with Crippen LogP contribution in [0.1, 0.15) is 25.1 Å². The van der Waals surface area contributed by atoms with E-state index < -0.39 is 10.0 Å². The molecule has 1 fully saturated rings. The quantitative estimate of drug-likeness (QED) is 0.927. The number of piperidine rings is 1. The minimum absolute atomic E-state index is 0.426. The van der Waals surface area contributed by atoms with Crippen molar-refractivity contribution >= 4 is 21.4 Å². The largest absolute Gasteiger partial charge is 0.315 e. The average molecular weight is 302 g/mol. The van der Waals surface area contributed by atoms with E-state index in [1.165, 1.54) is 11.3 Å². The van der Waals surface area contributed by atoms with Gasteiger partial charge in [-0.1, -0.05) is 13.8 Å². The molecule has 1 aliphatic rings. The normalized spacial score (nSPS) is 25.6. The number of hydrogen-bond acceptors (Lipinski definition) is 4. The molecule has 1 aliphatic heterocycles. The number of nitrogens with zero attached hydrogens (tertiary/aromatic N) is 1. The lowest BCUT2D eigenvalue weighted by atomic mass is 9.90. The monoisotopic (exact) mass is 302 g/mol. The van der Waals surface area contributed by atoms with Crippen LogP contribution in [0.2, 0.25) is 0 Å². The molecule has 1 aromatic rings. The van der Waals surface area contributed by atoms with Crippen LogP contribution < -0.4 is 5.32 Å². The Balaban J connectivity index is 2.25. The summed E-state index contributed by atoms with van der Waals surface area (Å²) in [6, 6.07) is 1.73. The Kier molecular flexibility index (Phi) is 4.66. The first-order valence-electron chi connectivity index (χ1n) is 6.68. The molecule has 19 heavy (non-hydrogen) atoms. The maximum absolute atomic E-state index is 12.7. The Morgan fingerprint density at radius 2 is 2.16 bits per heavy atom. The van der Waals surface area contributed by atoms with Crippen molar-refractivity contribution in [3.63, 3.8) is 0 Å². The van der Waals surface area contributed by atoms with Gasteiger partial charge in [-0.3, -0.25) is 0 Å². The molecule has 0 radical (unpaired) electrons. The third-order valence-electron chi connectivity index (χ3n) is 3.96. The van der Waals surface area contributed by atoms with Crippen LogP contribution in [-0.4, -0.2) is 32.9 Å². The Labute approximate surface area is 119 Å². The zero-order valence-electron chi connectivity index (χ0n) is 11.7. The second-order valence-electron chi connectivity index (χ2n) is 5.34. The number of sulfonamides is 1. The Morgan fingerprint density at radius 1 is 1.42 bits per heavy atom. The van der Waals surface area contributed by atoms with Gasteiger partial charge in [-0.2, -0.15) is 4.31 Å². The molecule has 0 saturated carbocycles. The highest BCUT2D eigenvalue weighted by Gasteiger charge is 2.33. The fourth-order valence-corrected chi connectivity index (χ4v) is 5.41. The highest BCUT2D eigenvalue weighted by molar-refractivity contribution is 7.89. The summed E-state index contributed by atoms with van der Waals surface area (Å²) in [5.41, 5.74) is 0. The maximum atomic E-state index is 12.7. The van der Waals surface area contributed by atoms with Crippen molar-refractivity contribution < 1.29 is 8.42 Å². The highest BCUT2D eigenvalue weighted by Crippen LogP contribution is 2.30. The number of nitrogens with one attached hydrogen (secondary N) is 1. The van der Waals surface area contributed by atoms with Crippen LogP contribution in [0.4, 0.5) is 0 Å². The van der Waals surface area contributed by atoms with Crippen LogP contribution in [0.3, 0.4) is 0 Å². The van der Waals surface area contributed by atoms with Gasteiger partial charge in [-0.15, -0.1) is 11.3 Å². The van der Waals surface area contributed by atoms with E-state index in [1.807, 2.05) is 12.4 Å². The smallest absolute Gasteiger partial charge is 0.244 e. The van der Waals surface area contributed by atoms with Gasteiger partial charge in [0, 0.05) is 24.5 Å². The second kappa shape index (κ2) is 5.91. The zero-order valence-corrected chi connectivity index (χ0v) is 13.4. The van der Waals surface area contributed by atoms with Gasteiger partial charge in [-0.05, 0) is 36.8 Å². The van der Waals surface area contributed by atoms with Gasteiger partial charge in [0.05, 0.1) is 4.90 Å². The van der Waals surface area contributed by atoms with Gasteiger partial charge < -0.3 is 5.32 Å². The molecule has 1 saturated heterocycles. The highest BCUT2D eigenvalue weighted by atomic mass is 32.2. The van der Waals surface area contributed by atoms with E-state index in [0.29, 0.717) is 36.4 Å². The fraction of sp³-hybridized carbons (Fsp3) is 0.692. The molecule has 0 aliphatic carbocycles. The molecule has 0 spiro atoms. The first-order valence-corrected chi connectivity index (χ1v) is 9.00. The predicted octanol–water partition coefficient (Wildman–Crippen LogP) is 2.13. The molecule has 1 N–H and O–H groups in total. The molecule has 2 unspecified atom stereocenters. The molecule has 1 aromatic heterocycles. The molecule has 0 amide bonds. The van der Waals surface area contributed by atoms with Crippen molar-refractivity contribution in [3.8, 4) is 0 Å². The van der Waals surface area contributed by atoms with Crippen LogP contribution in [0, 0.1) is 11.8 Å². The fourth-order valence-electron chi connectivity index (χ4n) is 2.43. The van der Waals surface area contributed by atoms with E-state index >= 15 is 0 Å². The Hall–Kier alpha value is -0.430. The SMILES string of the molecule is CNCc1sccc1S(=O)(=O)N1CCC(C)C(C)C1. The Morgan fingerprint density at radius 3 is 2.79 bits per heavy atom. The van der Waals surface area contributed by atoms with Crippen LogP contribution >= 0.6 is 11.3 Å². The van der Waals surface area contributed by atoms with Crippen molar-refractivity contribution in [2.24, 2.45) is 11.8 Å². The minimum Gasteiger partial charge on any atom is -0.315 e. The summed E-state index contributed by atoms with van der Waals surface area (Å²) >= 11 is 1.50. The molecular formula is C13H22N2O2S2. The van der Waals surface area contributed by atoms with Crippen molar-refractivity contribution in [2.45, 2.75) is 31.7 Å². The van der Waals surface area contributed by atoms with E-state index in [4.69, 9.17) is 0 Å². The Bertz CT molecular complexity index is 525. The molecule has 4 nitrogen and oxygen atoms in total. The van der Waals surface area contributed by atoms with Crippen LogP contribution in [-0.2, 0) is 16.6 Å². The molecule has 0 aromatic carbocycles. The third kappa shape index (κ3) is 3.02. The van der Waals surface area contributed by atoms with Crippen molar-refractivity contribution in [1.82, 2.24) is 9.62 Å². The molecule has 2 heterocycles. The van der Waals surface area contributed by atoms with Crippen LogP contribution in [0.15, 0.2) is 16.3 Å². The van der Waals surface area contributed by atoms with Gasteiger partial charge in [0.1, 0.15) is 0 Å². The van der Waals surface area contributed by atoms with E-state index in [1.54, 1.807) is 10.4 Å². The maximum Gasteiger partial charge on any atom is 0.244 e. The average Bonchev–Trinajstić information content (AvgIpc) is 2.82. The van der Waals surface area contributed by atoms with Crippen molar-refractivity contribution in [3.05, 3.63) is 16.3 Å². The van der Waals surface area contributed by atoms with Gasteiger partial charge in [-0.25, -0.2) is 8.42 Å². The number of thiophene rings is 1. The molecule has 0 bridgehead atoms. The van der Waals surface area contributed by atoms with Crippen molar-refractivity contribution in [2.75, 3.05) is 20.1 Å². The van der Waals surface area contributed by atoms with Crippen molar-refractivity contribution in [1.29, 1.82) is 0 Å². The summed E-state index contributed by atoms with van der Waals surface area (Å²) in [4.78, 5) is 1.38. The summed E-state index contributed by atoms with van der Waals surface area (Å²) in [5, 5.41) is 4.89. The van der Waals surface area contributed by atoms with Gasteiger partial charge in [0.15, 0.2) is 0 Å². The first-order chi connectivity index (χ1) is 8.96. The molecular weight excluding hydrogens is 280 g/mol. The summed E-state index contributed by atoms with van der Waals surface area (Å²) in [6.45, 7) is 6.22. The lowest BCUT2D eigenvalue weighted by Crippen LogP contribution is -2.42. The van der Waals surface area contributed by atoms with E-state index in [-0.39, 0.29) is 0 Å². The number of rotatable bonds is 4. The van der Waals surface area contributed by atoms with E-state index in [0.717, 1.165) is 11.3 Å². The van der Waals surface area contributed by atoms with Gasteiger partial charge in [0.2, 0.25) is 10.0 Å². The van der Waals surface area contributed by atoms with E-state index in [9.17, 15) is 8.42 Å². The molecule has 2 atom stereocenters. The first kappa shape index (κ1) is 15.0. The van der Waals surface area contributed by atoms with Crippen LogP contribution in [0.5, 0.6) is 0 Å². The summed E-state index contributed by atoms with van der Waals surface area (Å²) in [6.07, 6.45) is 0.950. The predicted molar refractivity (Wildman–Crippen MR) is 78.8 cm³/mol. The van der Waals surface area contributed by atoms with Crippen LogP contribution in [0.25, 0.3) is 0 Å². The topological polar surface area (TPSA) is 49.4 Å². The molecule has 108 valence electrons. The molecule has 2 rings (SSSR count). The minimum atomic E-state index is -3.32. The lowest BCUT2D eigenvalue weighted by Gasteiger charge is -2.34.